The van der Waals surface area contributed by atoms with Crippen LogP contribution in [0.1, 0.15) is 76.8 Å². The van der Waals surface area contributed by atoms with Gasteiger partial charge in [0.2, 0.25) is 17.7 Å². The van der Waals surface area contributed by atoms with Gasteiger partial charge in [0, 0.05) is 26.2 Å². The number of aliphatic hydroxyl groups is 12. The van der Waals surface area contributed by atoms with Gasteiger partial charge in [-0.15, -0.1) is 5.06 Å². The molecule has 52 heteroatoms. The second-order valence-corrected chi connectivity index (χ2v) is 30.8. The number of nitrogens with two attached hydrogens (primary N) is 4. The average molecular weight is 1930 g/mol. The fraction of sp³-hybridized carbons (Fsp3) is 0.683. The third kappa shape index (κ3) is 32.2. The van der Waals surface area contributed by atoms with Crippen LogP contribution in [0.25, 0.3) is 0 Å². The maximum atomic E-state index is 14.2. The zero-order chi connectivity index (χ0) is 86.0. The van der Waals surface area contributed by atoms with Crippen molar-refractivity contribution in [3.05, 3.63) is 54.7 Å². The topological polar surface area (TPSA) is 815 Å². The van der Waals surface area contributed by atoms with E-state index in [1.54, 1.807) is 24.3 Å². The second kappa shape index (κ2) is 49.7. The van der Waals surface area contributed by atoms with Crippen molar-refractivity contribution >= 4 is 108 Å². The lowest BCUT2D eigenvalue weighted by Gasteiger charge is -2.46. The quantitative estimate of drug-likeness (QED) is 0.00573. The van der Waals surface area contributed by atoms with E-state index in [9.17, 15) is 119 Å². The molecule has 8 unspecified atom stereocenters. The molecule has 0 bridgehead atoms. The number of hydrogen-bond acceptors (Lipinski definition) is 40. The molecular formula is C63H103I2N9O39P2. The number of aliphatic hydroxyl groups excluding tert-OH is 12. The predicted molar refractivity (Wildman–Crippen MR) is 399 cm³/mol. The summed E-state index contributed by atoms with van der Waals surface area (Å²) in [5, 5.41) is 153. The van der Waals surface area contributed by atoms with Crippen molar-refractivity contribution in [2.24, 2.45) is 23.2 Å². The first-order chi connectivity index (χ1) is 53.5. The number of aryl methyl sites for hydroxylation is 2. The molecule has 2 aromatic rings. The van der Waals surface area contributed by atoms with Crippen molar-refractivity contribution in [3.63, 3.8) is 0 Å². The van der Waals surface area contributed by atoms with Crippen LogP contribution in [0.2, 0.25) is 0 Å². The van der Waals surface area contributed by atoms with Crippen LogP contribution in [-0.2, 0) is 112 Å². The van der Waals surface area contributed by atoms with Crippen molar-refractivity contribution < 1.29 is 190 Å². The fourth-order valence-electron chi connectivity index (χ4n) is 11.2. The van der Waals surface area contributed by atoms with Crippen LogP contribution in [0.15, 0.2) is 36.4 Å². The third-order valence-corrected chi connectivity index (χ3v) is 20.2. The summed E-state index contributed by atoms with van der Waals surface area (Å²) in [6, 6.07) is 5.26. The maximum Gasteiger partial charge on any atom is 0.469 e. The number of carbonyl (C=O) groups is 8. The monoisotopic (exact) mass is 1930 g/mol. The van der Waals surface area contributed by atoms with Crippen molar-refractivity contribution in [3.8, 4) is 11.5 Å². The third-order valence-electron chi connectivity index (χ3n) is 17.5. The van der Waals surface area contributed by atoms with Gasteiger partial charge in [0.05, 0.1) is 58.7 Å². The Kier molecular flexibility index (Phi) is 45.1. The number of aromatic hydroxyl groups is 2. The molecule has 48 nitrogen and oxygen atoms in total. The van der Waals surface area contributed by atoms with E-state index in [0.29, 0.717) is 27.9 Å². The van der Waals surface area contributed by atoms with E-state index in [4.69, 9.17) is 73.8 Å². The lowest BCUT2D eigenvalue weighted by atomic mass is 9.97. The number of hydrazine groups is 1. The lowest BCUT2D eigenvalue weighted by Crippen LogP contribution is -2.65. The SMILES string of the molecule is CC(=O)N[C@H](C(=O)N[C@@H](CCCCN)C(=O)N[C@H](C=O)[C@@H](C)OC1OC(CO)[C@@H](O)[C@H](O)[C@H]1OC1OC(COP(=O)(O)O)[C@@H](O)[C@H](O)[C@H]1O)[C@@H](C)OC1OC(CO)[C@@H](O)[C@H](O)[C@H]1OC1OC(COP(=O)(O)O)[C@@H](O)[C@H](O)[C@H]1O.N.NCC(=O)CCc1ccc(O)c(I)c1.NN.O=C(CCc1ccc(O)c(I)c1)ON1C(=O)CCC1=O. The van der Waals surface area contributed by atoms with Gasteiger partial charge in [0.1, 0.15) is 139 Å². The first-order valence-electron chi connectivity index (χ1n) is 34.7. The molecule has 0 spiro atoms. The number of ketones is 1. The van der Waals surface area contributed by atoms with Gasteiger partial charge < -0.3 is 172 Å². The molecule has 5 saturated heterocycles. The zero-order valence-electron chi connectivity index (χ0n) is 61.8. The fourth-order valence-corrected chi connectivity index (χ4v) is 13.0. The second-order valence-electron chi connectivity index (χ2n) is 26.0. The van der Waals surface area contributed by atoms with Crippen LogP contribution < -0.4 is 45.3 Å². The minimum absolute atomic E-state index is 0. The summed E-state index contributed by atoms with van der Waals surface area (Å²) in [4.78, 5) is 140. The number of hydroxylamine groups is 2. The van der Waals surface area contributed by atoms with Crippen molar-refractivity contribution in [1.82, 2.24) is 27.2 Å². The molecule has 7 rings (SSSR count). The van der Waals surface area contributed by atoms with Crippen LogP contribution >= 0.6 is 60.8 Å². The van der Waals surface area contributed by atoms with E-state index in [-0.39, 0.29) is 81.3 Å². The number of phenols is 2. The van der Waals surface area contributed by atoms with Crippen LogP contribution in [0.5, 0.6) is 11.5 Å². The van der Waals surface area contributed by atoms with Crippen molar-refractivity contribution in [1.29, 1.82) is 0 Å². The lowest BCUT2D eigenvalue weighted by molar-refractivity contribution is -0.371. The largest absolute Gasteiger partial charge is 0.507 e. The summed E-state index contributed by atoms with van der Waals surface area (Å²) < 4.78 is 77.9. The van der Waals surface area contributed by atoms with Gasteiger partial charge in [-0.05, 0) is 133 Å². The van der Waals surface area contributed by atoms with E-state index < -0.39 is 231 Å². The number of nitrogens with one attached hydrogen (secondary N) is 3. The highest BCUT2D eigenvalue weighted by molar-refractivity contribution is 14.1. The molecule has 25 atom stereocenters. The number of carbonyl (C=O) groups excluding carboxylic acids is 8. The van der Waals surface area contributed by atoms with Gasteiger partial charge in [0.25, 0.3) is 11.8 Å². The van der Waals surface area contributed by atoms with E-state index in [0.717, 1.165) is 21.6 Å². The van der Waals surface area contributed by atoms with E-state index in [1.807, 2.05) is 34.7 Å². The maximum absolute atomic E-state index is 14.2. The molecule has 5 amide bonds. The molecule has 5 heterocycles. The van der Waals surface area contributed by atoms with Gasteiger partial charge in [-0.2, -0.15) is 0 Å². The number of aldehydes is 1. The van der Waals surface area contributed by atoms with E-state index in [2.05, 4.69) is 59.3 Å². The van der Waals surface area contributed by atoms with E-state index in [1.165, 1.54) is 13.8 Å². The highest BCUT2D eigenvalue weighted by Crippen LogP contribution is 2.40. The number of amides is 5. The summed E-state index contributed by atoms with van der Waals surface area (Å²) >= 11 is 4.05. The van der Waals surface area contributed by atoms with Crippen LogP contribution in [-0.4, -0.2) is 336 Å². The summed E-state index contributed by atoms with van der Waals surface area (Å²) in [6.45, 7) is -0.494. The Morgan fingerprint density at radius 2 is 1.01 bits per heavy atom. The van der Waals surface area contributed by atoms with Crippen LogP contribution in [0, 0.1) is 7.14 Å². The number of halogens is 2. The zero-order valence-corrected chi connectivity index (χ0v) is 67.9. The van der Waals surface area contributed by atoms with Gasteiger partial charge in [-0.3, -0.25) is 49.5 Å². The number of phenolic OH excluding ortho intramolecular Hbond substituents is 2. The Labute approximate surface area is 682 Å². The number of benzene rings is 2. The standard InChI is InChI=1S/C40H72N4O32P2.C13H12INO5.C10H12INO2.H4N2.H3N/c1-13(69-39-33(29(55)23(49)18(9-46)71-39)75-37-31(57)27(53)25(51)20(73-37)11-67-77(61,62)63)17(8-45)44-35(59)16(6-4-5-7-41)43-36(60)22(42-15(3)48)14(2)70-40-34(30(56)24(50)19(10-47)72-40)76-38-32(58)28(54)26(52)21(74-38)12-68-78(64,65)66;14-9-7-8(1-3-10(9)16)2-6-13(19)20-15-11(17)4-5-12(15)18;11-9-5-7(2-4-10(9)14)1-3-8(13)6-12;1-2;/h8,13-14,16-34,37-40,46-47,49-58H,4-7,9-12,41H2,1-3H3,(H,42,48)(H,43,60)(H,44,59)(H2,61,62,63)(H2,64,65,66);1,3,7,16H,2,4-6H2;2,4-5,14H,1,3,6,12H2;1-2H2;1H3/t13-,14-,16+,17-,18?,19?,20?,21?,22+,23-,24-,25-,26-,27+,28+,29+,30+,31-,32-,33-,34-,37?,38?,39?,40?;;;;/m1..../s1. The molecule has 0 aromatic heterocycles. The molecule has 658 valence electrons. The number of hydrogen-bond donors (Lipinski definition) is 26. The number of nitrogens with zero attached hydrogens (tertiary/aromatic N) is 1. The van der Waals surface area contributed by atoms with Crippen molar-refractivity contribution in [2.75, 3.05) is 39.5 Å². The molecule has 5 fully saturated rings. The first kappa shape index (κ1) is 104. The molecule has 0 aliphatic carbocycles. The van der Waals surface area contributed by atoms with Gasteiger partial charge in [-0.25, -0.2) is 13.9 Å². The highest BCUT2D eigenvalue weighted by Gasteiger charge is 2.55. The van der Waals surface area contributed by atoms with E-state index >= 15 is 0 Å². The van der Waals surface area contributed by atoms with Crippen molar-refractivity contribution in [2.45, 2.75) is 232 Å². The number of phosphoric ester groups is 2. The molecular weight excluding hydrogens is 1820 g/mol. The molecule has 0 saturated carbocycles. The Morgan fingerprint density at radius 3 is 1.40 bits per heavy atom. The number of phosphoric acid groups is 2. The summed E-state index contributed by atoms with van der Waals surface area (Å²) in [6.07, 6.45) is -40.7. The number of unbranched alkanes of at least 4 members (excludes halogenated alkanes) is 1. The Bertz CT molecular complexity index is 3520. The summed E-state index contributed by atoms with van der Waals surface area (Å²) in [5.41, 5.74) is 12.8. The Morgan fingerprint density at radius 1 is 0.591 bits per heavy atom. The number of Topliss-reactive ketones (excluding diaryl/α,β-unsaturated/α-hetero) is 1. The minimum atomic E-state index is -5.18. The molecule has 32 N–H and O–H groups in total. The van der Waals surface area contributed by atoms with Crippen LogP contribution in [0.4, 0.5) is 0 Å². The average Bonchev–Trinajstić information content (AvgIpc) is 1.19. The highest BCUT2D eigenvalue weighted by atomic mass is 127. The predicted octanol–water partition coefficient (Wildman–Crippen LogP) is -8.94. The number of ether oxygens (including phenoxy) is 8. The number of rotatable bonds is 36. The summed E-state index contributed by atoms with van der Waals surface area (Å²) in [5.74, 6) is 3.84. The first-order valence-corrected chi connectivity index (χ1v) is 40.0. The molecule has 0 radical (unpaired) electrons. The van der Waals surface area contributed by atoms with Crippen LogP contribution in [0.3, 0.4) is 0 Å². The molecule has 2 aromatic carbocycles. The van der Waals surface area contributed by atoms with Gasteiger partial charge >= 0.3 is 21.6 Å². The Hall–Kier alpha value is -4.92. The Balaban J connectivity index is 0.000000748. The molecule has 5 aliphatic rings. The summed E-state index contributed by atoms with van der Waals surface area (Å²) in [7, 11) is -10.4. The molecule has 115 heavy (non-hydrogen) atoms. The number of imide groups is 1. The normalized spacial score (nSPS) is 29.5. The molecule has 5 aliphatic heterocycles. The smallest absolute Gasteiger partial charge is 0.469 e. The minimum Gasteiger partial charge on any atom is -0.507 e. The van der Waals surface area contributed by atoms with Gasteiger partial charge in [0.15, 0.2) is 25.2 Å². The van der Waals surface area contributed by atoms with Gasteiger partial charge in [-0.1, -0.05) is 12.1 Å².